The first-order valence-electron chi connectivity index (χ1n) is 4.07. The van der Waals surface area contributed by atoms with E-state index in [0.717, 1.165) is 22.5 Å². The summed E-state index contributed by atoms with van der Waals surface area (Å²) < 4.78 is 5.18. The Hall–Kier alpha value is -1.64. The minimum atomic E-state index is 0.772. The van der Waals surface area contributed by atoms with Gasteiger partial charge in [-0.15, -0.1) is 0 Å². The average Bonchev–Trinajstić information content (AvgIpc) is 2.17. The van der Waals surface area contributed by atoms with Crippen molar-refractivity contribution in [2.75, 3.05) is 7.11 Å². The van der Waals surface area contributed by atoms with Crippen LogP contribution < -0.4 is 4.74 Å². The molecule has 1 aromatic carbocycles. The molecule has 2 aromatic rings. The molecule has 0 amide bonds. The van der Waals surface area contributed by atoms with Crippen molar-refractivity contribution in [3.63, 3.8) is 0 Å². The Kier molecular flexibility index (Phi) is 1.85. The monoisotopic (exact) mass is 174 g/mol. The van der Waals surface area contributed by atoms with E-state index in [1.165, 1.54) is 0 Å². The van der Waals surface area contributed by atoms with E-state index in [9.17, 15) is 0 Å². The summed E-state index contributed by atoms with van der Waals surface area (Å²) in [6.07, 6.45) is 1.75. The van der Waals surface area contributed by atoms with Crippen molar-refractivity contribution in [1.29, 1.82) is 0 Å². The van der Waals surface area contributed by atoms with Crippen molar-refractivity contribution in [3.05, 3.63) is 30.1 Å². The van der Waals surface area contributed by atoms with Gasteiger partial charge in [-0.2, -0.15) is 0 Å². The maximum Gasteiger partial charge on any atom is 0.146 e. The molecule has 0 aliphatic rings. The molecule has 2 rings (SSSR count). The first-order valence-corrected chi connectivity index (χ1v) is 4.07. The number of fused-ring (bicyclic) bond motifs is 1. The number of methoxy groups -OCH3 is 1. The summed E-state index contributed by atoms with van der Waals surface area (Å²) in [6.45, 7) is 1.92. The van der Waals surface area contributed by atoms with Crippen LogP contribution in [0.2, 0.25) is 0 Å². The normalized spacial score (nSPS) is 10.3. The highest BCUT2D eigenvalue weighted by Gasteiger charge is 2.02. The molecule has 1 heterocycles. The van der Waals surface area contributed by atoms with E-state index >= 15 is 0 Å². The molecule has 0 radical (unpaired) electrons. The summed E-state index contributed by atoms with van der Waals surface area (Å²) >= 11 is 0. The largest absolute Gasteiger partial charge is 0.494 e. The predicted molar refractivity (Wildman–Crippen MR) is 50.8 cm³/mol. The van der Waals surface area contributed by atoms with Crippen LogP contribution in [0.15, 0.2) is 24.4 Å². The zero-order valence-corrected chi connectivity index (χ0v) is 7.61. The molecule has 0 N–H and O–H groups in total. The lowest BCUT2D eigenvalue weighted by atomic mass is 10.2. The molecule has 1 aromatic heterocycles. The highest BCUT2D eigenvalue weighted by Crippen LogP contribution is 2.21. The van der Waals surface area contributed by atoms with Crippen molar-refractivity contribution in [2.45, 2.75) is 6.92 Å². The fraction of sp³-hybridized carbons (Fsp3) is 0.200. The summed E-state index contributed by atoms with van der Waals surface area (Å²) in [5.74, 6) is 0.772. The van der Waals surface area contributed by atoms with Gasteiger partial charge in [0.2, 0.25) is 0 Å². The number of hydrogen-bond acceptors (Lipinski definition) is 3. The van der Waals surface area contributed by atoms with Crippen LogP contribution in [0.3, 0.4) is 0 Å². The topological polar surface area (TPSA) is 35.0 Å². The Labute approximate surface area is 76.4 Å². The SMILES string of the molecule is COc1cccc2ncc(C)nc12. The standard InChI is InChI=1S/C10H10N2O/c1-7-6-11-8-4-3-5-9(13-2)10(8)12-7/h3-6H,1-2H3. The molecule has 3 nitrogen and oxygen atoms in total. The minimum absolute atomic E-state index is 0.772. The zero-order valence-electron chi connectivity index (χ0n) is 7.61. The van der Waals surface area contributed by atoms with Gasteiger partial charge >= 0.3 is 0 Å². The molecule has 0 saturated heterocycles. The van der Waals surface area contributed by atoms with Crippen LogP contribution in [0.5, 0.6) is 5.75 Å². The van der Waals surface area contributed by atoms with E-state index in [1.807, 2.05) is 25.1 Å². The molecule has 13 heavy (non-hydrogen) atoms. The molecule has 0 bridgehead atoms. The molecule has 0 fully saturated rings. The number of aromatic nitrogens is 2. The van der Waals surface area contributed by atoms with Gasteiger partial charge in [-0.3, -0.25) is 4.98 Å². The van der Waals surface area contributed by atoms with Crippen LogP contribution in [-0.4, -0.2) is 17.1 Å². The van der Waals surface area contributed by atoms with Crippen LogP contribution >= 0.6 is 0 Å². The number of benzene rings is 1. The Morgan fingerprint density at radius 3 is 2.92 bits per heavy atom. The number of aryl methyl sites for hydroxylation is 1. The van der Waals surface area contributed by atoms with E-state index in [2.05, 4.69) is 9.97 Å². The number of hydrogen-bond donors (Lipinski definition) is 0. The lowest BCUT2D eigenvalue weighted by molar-refractivity contribution is 0.418. The lowest BCUT2D eigenvalue weighted by Crippen LogP contribution is -1.91. The third-order valence-corrected chi connectivity index (χ3v) is 1.88. The molecule has 0 atom stereocenters. The maximum atomic E-state index is 5.18. The molecular weight excluding hydrogens is 164 g/mol. The van der Waals surface area contributed by atoms with E-state index in [0.29, 0.717) is 0 Å². The summed E-state index contributed by atoms with van der Waals surface area (Å²) in [4.78, 5) is 8.61. The Bertz CT molecular complexity index is 440. The second kappa shape index (κ2) is 3.01. The quantitative estimate of drug-likeness (QED) is 0.662. The molecule has 0 unspecified atom stereocenters. The van der Waals surface area contributed by atoms with Crippen LogP contribution in [0, 0.1) is 6.92 Å². The van der Waals surface area contributed by atoms with Gasteiger partial charge in [0.15, 0.2) is 0 Å². The van der Waals surface area contributed by atoms with E-state index in [1.54, 1.807) is 13.3 Å². The van der Waals surface area contributed by atoms with Gasteiger partial charge < -0.3 is 4.74 Å². The second-order valence-corrected chi connectivity index (χ2v) is 2.84. The van der Waals surface area contributed by atoms with Crippen molar-refractivity contribution in [1.82, 2.24) is 9.97 Å². The summed E-state index contributed by atoms with van der Waals surface area (Å²) in [7, 11) is 1.64. The number of nitrogens with zero attached hydrogens (tertiary/aromatic N) is 2. The molecule has 66 valence electrons. The van der Waals surface area contributed by atoms with E-state index in [-0.39, 0.29) is 0 Å². The number of para-hydroxylation sites is 1. The zero-order chi connectivity index (χ0) is 9.26. The summed E-state index contributed by atoms with van der Waals surface area (Å²) in [5, 5.41) is 0. The van der Waals surface area contributed by atoms with Crippen molar-refractivity contribution in [2.24, 2.45) is 0 Å². The van der Waals surface area contributed by atoms with Gasteiger partial charge in [-0.25, -0.2) is 4.98 Å². The highest BCUT2D eigenvalue weighted by atomic mass is 16.5. The van der Waals surface area contributed by atoms with Crippen molar-refractivity contribution in [3.8, 4) is 5.75 Å². The summed E-state index contributed by atoms with van der Waals surface area (Å²) in [6, 6.07) is 5.71. The Morgan fingerprint density at radius 2 is 2.15 bits per heavy atom. The van der Waals surface area contributed by atoms with Crippen LogP contribution in [0.1, 0.15) is 5.69 Å². The van der Waals surface area contributed by atoms with Crippen LogP contribution in [-0.2, 0) is 0 Å². The molecule has 3 heteroatoms. The fourth-order valence-corrected chi connectivity index (χ4v) is 1.26. The van der Waals surface area contributed by atoms with Gasteiger partial charge in [-0.05, 0) is 19.1 Å². The molecule has 0 aliphatic carbocycles. The number of ether oxygens (including phenoxy) is 1. The smallest absolute Gasteiger partial charge is 0.146 e. The second-order valence-electron chi connectivity index (χ2n) is 2.84. The molecule has 0 aliphatic heterocycles. The highest BCUT2D eigenvalue weighted by molar-refractivity contribution is 5.80. The lowest BCUT2D eigenvalue weighted by Gasteiger charge is -2.03. The first-order chi connectivity index (χ1) is 6.31. The van der Waals surface area contributed by atoms with Crippen molar-refractivity contribution < 1.29 is 4.74 Å². The fourth-order valence-electron chi connectivity index (χ4n) is 1.26. The molecular formula is C10H10N2O. The van der Waals surface area contributed by atoms with Gasteiger partial charge in [-0.1, -0.05) is 6.07 Å². The predicted octanol–water partition coefficient (Wildman–Crippen LogP) is 1.95. The van der Waals surface area contributed by atoms with Gasteiger partial charge in [0.05, 0.1) is 18.3 Å². The van der Waals surface area contributed by atoms with Crippen LogP contribution in [0.4, 0.5) is 0 Å². The van der Waals surface area contributed by atoms with Crippen LogP contribution in [0.25, 0.3) is 11.0 Å². The third-order valence-electron chi connectivity index (χ3n) is 1.88. The number of rotatable bonds is 1. The maximum absolute atomic E-state index is 5.18. The summed E-state index contributed by atoms with van der Waals surface area (Å²) in [5.41, 5.74) is 2.59. The first kappa shape index (κ1) is 7.98. The van der Waals surface area contributed by atoms with Crippen molar-refractivity contribution >= 4 is 11.0 Å². The Morgan fingerprint density at radius 1 is 1.31 bits per heavy atom. The molecule has 0 saturated carbocycles. The van der Waals surface area contributed by atoms with E-state index < -0.39 is 0 Å². The molecule has 0 spiro atoms. The average molecular weight is 174 g/mol. The Balaban J connectivity index is 2.79. The third kappa shape index (κ3) is 1.33. The van der Waals surface area contributed by atoms with Gasteiger partial charge in [0.25, 0.3) is 0 Å². The minimum Gasteiger partial charge on any atom is -0.494 e. The van der Waals surface area contributed by atoms with Gasteiger partial charge in [0.1, 0.15) is 11.3 Å². The van der Waals surface area contributed by atoms with E-state index in [4.69, 9.17) is 4.74 Å². The van der Waals surface area contributed by atoms with Gasteiger partial charge in [0, 0.05) is 6.20 Å².